The van der Waals surface area contributed by atoms with Crippen molar-refractivity contribution < 1.29 is 14.0 Å². The third kappa shape index (κ3) is 5.34. The van der Waals surface area contributed by atoms with Crippen molar-refractivity contribution in [3.05, 3.63) is 212 Å². The third-order valence-corrected chi connectivity index (χ3v) is 10.7. The molecule has 1 heterocycles. The molecule has 2 heteroatoms. The fraction of sp³-hybridized carbons (Fsp3) is 0. The second-order valence-electron chi connectivity index (χ2n) is 13.9. The molecule has 0 amide bonds. The van der Waals surface area contributed by atoms with Crippen LogP contribution < -0.4 is 4.90 Å². The summed E-state index contributed by atoms with van der Waals surface area (Å²) in [5.41, 5.74) is 4.77. The number of furan rings is 1. The van der Waals surface area contributed by atoms with Gasteiger partial charge in [0.15, 0.2) is 0 Å². The van der Waals surface area contributed by atoms with Gasteiger partial charge >= 0.3 is 0 Å². The molecule has 0 saturated carbocycles. The van der Waals surface area contributed by atoms with Crippen LogP contribution in [0.15, 0.2) is 217 Å². The van der Waals surface area contributed by atoms with E-state index in [9.17, 15) is 9.60 Å². The van der Waals surface area contributed by atoms with Gasteiger partial charge in [0.1, 0.15) is 11.2 Å². The molecule has 11 aromatic rings. The van der Waals surface area contributed by atoms with Gasteiger partial charge in [-0.3, -0.25) is 0 Å². The maximum atomic E-state index is 9.77. The second-order valence-corrected chi connectivity index (χ2v) is 13.9. The van der Waals surface area contributed by atoms with Crippen LogP contribution >= 0.6 is 0 Å². The molecule has 0 saturated heterocycles. The van der Waals surface area contributed by atoms with Crippen molar-refractivity contribution >= 4 is 71.3 Å². The summed E-state index contributed by atoms with van der Waals surface area (Å²) in [6, 6.07) is 52.0. The molecule has 0 bridgehead atoms. The first kappa shape index (κ1) is 25.6. The quantitative estimate of drug-likeness (QED) is 0.170. The topological polar surface area (TPSA) is 16.4 Å². The molecule has 0 fully saturated rings. The molecular weight excluding hydrogens is 679 g/mol. The summed E-state index contributed by atoms with van der Waals surface area (Å²) < 4.78 is 74.2. The normalized spacial score (nSPS) is 13.3. The Morgan fingerprint density at radius 2 is 0.875 bits per heavy atom. The first-order valence-electron chi connectivity index (χ1n) is 22.1. The average molecular weight is 721 g/mol. The Bertz CT molecular complexity index is 3650. The second kappa shape index (κ2) is 13.2. The van der Waals surface area contributed by atoms with Crippen LogP contribution in [0.1, 0.15) is 9.60 Å². The molecule has 11 rings (SSSR count). The van der Waals surface area contributed by atoms with Crippen molar-refractivity contribution in [2.45, 2.75) is 0 Å². The number of para-hydroxylation sites is 1. The van der Waals surface area contributed by atoms with E-state index in [1.807, 2.05) is 140 Å². The predicted molar refractivity (Wildman–Crippen MR) is 237 cm³/mol. The van der Waals surface area contributed by atoms with Gasteiger partial charge in [0.05, 0.1) is 15.3 Å². The van der Waals surface area contributed by atoms with Crippen molar-refractivity contribution in [3.63, 3.8) is 0 Å². The summed E-state index contributed by atoms with van der Waals surface area (Å²) in [6.45, 7) is 0. The molecule has 0 aliphatic heterocycles. The van der Waals surface area contributed by atoms with Crippen LogP contribution in [-0.4, -0.2) is 0 Å². The van der Waals surface area contributed by atoms with Gasteiger partial charge in [-0.1, -0.05) is 164 Å². The highest BCUT2D eigenvalue weighted by Gasteiger charge is 2.21. The largest absolute Gasteiger partial charge is 0.456 e. The molecule has 0 atom stereocenters. The molecular formula is C54H35NO. The molecule has 56 heavy (non-hydrogen) atoms. The van der Waals surface area contributed by atoms with Gasteiger partial charge < -0.3 is 9.32 Å². The van der Waals surface area contributed by atoms with Crippen LogP contribution in [0, 0.1) is 0 Å². The molecule has 1 aromatic heterocycles. The lowest BCUT2D eigenvalue weighted by molar-refractivity contribution is 0.669. The zero-order chi connectivity index (χ0) is 43.1. The SMILES string of the molecule is [2H]c1cc(-c2cccc3ccccc23)c([2H])c([2H])c1N(c1ccccc1-c1cccc2oc3cc4ccccc4cc3c12)c1c([2H])c([2H])c(-c2cccc3ccccc23)c([2H])c1[2H]. The van der Waals surface area contributed by atoms with E-state index < -0.39 is 0 Å². The first-order chi connectivity index (χ1) is 30.7. The zero-order valence-electron chi connectivity index (χ0n) is 37.0. The van der Waals surface area contributed by atoms with Crippen molar-refractivity contribution in [1.29, 1.82) is 0 Å². The van der Waals surface area contributed by atoms with Gasteiger partial charge in [-0.2, -0.15) is 0 Å². The third-order valence-electron chi connectivity index (χ3n) is 10.7. The molecule has 0 radical (unpaired) electrons. The van der Waals surface area contributed by atoms with E-state index in [1.165, 1.54) is 4.90 Å². The van der Waals surface area contributed by atoms with Gasteiger partial charge in [0.25, 0.3) is 0 Å². The number of nitrogens with zero attached hydrogens (tertiary/aromatic N) is 1. The number of rotatable bonds is 6. The monoisotopic (exact) mass is 720 g/mol. The predicted octanol–water partition coefficient (Wildman–Crippen LogP) is 15.5. The van der Waals surface area contributed by atoms with Crippen molar-refractivity contribution in [2.24, 2.45) is 0 Å². The number of hydrogen-bond donors (Lipinski definition) is 0. The first-order valence-corrected chi connectivity index (χ1v) is 18.6. The van der Waals surface area contributed by atoms with Gasteiger partial charge in [0, 0.05) is 27.7 Å². The summed E-state index contributed by atoms with van der Waals surface area (Å²) in [6.07, 6.45) is 0. The van der Waals surface area contributed by atoms with Gasteiger partial charge in [-0.05, 0) is 109 Å². The Morgan fingerprint density at radius 3 is 1.61 bits per heavy atom. The molecule has 0 N–H and O–H groups in total. The maximum Gasteiger partial charge on any atom is 0.136 e. The van der Waals surface area contributed by atoms with Crippen LogP contribution in [0.4, 0.5) is 17.1 Å². The number of hydrogen-bond acceptors (Lipinski definition) is 2. The van der Waals surface area contributed by atoms with E-state index in [0.717, 1.165) is 48.7 Å². The molecule has 0 unspecified atom stereocenters. The molecule has 2 nitrogen and oxygen atoms in total. The van der Waals surface area contributed by atoms with Crippen LogP contribution in [0.2, 0.25) is 0 Å². The summed E-state index contributed by atoms with van der Waals surface area (Å²) >= 11 is 0. The average Bonchev–Trinajstić information content (AvgIpc) is 3.68. The Hall–Kier alpha value is -7.42. The maximum absolute atomic E-state index is 9.77. The standard InChI is InChI=1S/C54H35NO/c1-2-15-41-35-53-50(34-40(41)14-1)54-49(23-11-25-52(54)56-53)48-20-7-8-24-51(48)55(42-30-26-38(27-31-42)46-21-9-16-36-12-3-5-18-44(36)46)43-32-28-39(29-33-43)47-22-10-17-37-13-4-6-19-45(37)47/h1-35H/i26D,27D,28D,30D,31D,32D,33D. The zero-order valence-corrected chi connectivity index (χ0v) is 30.0. The van der Waals surface area contributed by atoms with Crippen LogP contribution in [-0.2, 0) is 0 Å². The van der Waals surface area contributed by atoms with Crippen molar-refractivity contribution in [3.8, 4) is 33.4 Å². The molecule has 0 spiro atoms. The van der Waals surface area contributed by atoms with E-state index in [-0.39, 0.29) is 59.2 Å². The van der Waals surface area contributed by atoms with Crippen LogP contribution in [0.25, 0.3) is 87.6 Å². The number of anilines is 3. The highest BCUT2D eigenvalue weighted by atomic mass is 16.3. The summed E-state index contributed by atoms with van der Waals surface area (Å²) in [4.78, 5) is 1.50. The summed E-state index contributed by atoms with van der Waals surface area (Å²) in [5.74, 6) is 0. The van der Waals surface area contributed by atoms with Crippen molar-refractivity contribution in [1.82, 2.24) is 0 Å². The van der Waals surface area contributed by atoms with E-state index in [2.05, 4.69) is 12.1 Å². The lowest BCUT2D eigenvalue weighted by atomic mass is 9.95. The Balaban J connectivity index is 1.21. The Labute approximate surface area is 335 Å². The Morgan fingerprint density at radius 1 is 0.357 bits per heavy atom. The van der Waals surface area contributed by atoms with Crippen LogP contribution in [0.3, 0.4) is 0 Å². The molecule has 262 valence electrons. The summed E-state index contributed by atoms with van der Waals surface area (Å²) in [7, 11) is 0. The lowest BCUT2D eigenvalue weighted by Crippen LogP contribution is -2.11. The lowest BCUT2D eigenvalue weighted by Gasteiger charge is -2.28. The fourth-order valence-corrected chi connectivity index (χ4v) is 8.05. The smallest absolute Gasteiger partial charge is 0.136 e. The van der Waals surface area contributed by atoms with E-state index >= 15 is 0 Å². The van der Waals surface area contributed by atoms with Crippen LogP contribution in [0.5, 0.6) is 0 Å². The summed E-state index contributed by atoms with van der Waals surface area (Å²) in [5, 5.41) is 7.31. The minimum absolute atomic E-state index is 0.0506. The highest BCUT2D eigenvalue weighted by molar-refractivity contribution is 6.16. The highest BCUT2D eigenvalue weighted by Crippen LogP contribution is 2.46. The molecule has 0 aliphatic rings. The molecule has 10 aromatic carbocycles. The van der Waals surface area contributed by atoms with E-state index in [0.29, 0.717) is 39.1 Å². The minimum Gasteiger partial charge on any atom is -0.456 e. The van der Waals surface area contributed by atoms with Gasteiger partial charge in [0.2, 0.25) is 0 Å². The van der Waals surface area contributed by atoms with Crippen molar-refractivity contribution in [2.75, 3.05) is 4.90 Å². The Kier molecular flexibility index (Phi) is 6.01. The van der Waals surface area contributed by atoms with Gasteiger partial charge in [-0.25, -0.2) is 0 Å². The number of fused-ring (bicyclic) bond motifs is 6. The molecule has 0 aliphatic carbocycles. The fourth-order valence-electron chi connectivity index (χ4n) is 8.05. The van der Waals surface area contributed by atoms with E-state index in [4.69, 9.17) is 4.42 Å². The van der Waals surface area contributed by atoms with E-state index in [1.54, 1.807) is 18.2 Å². The number of benzene rings is 10. The van der Waals surface area contributed by atoms with Gasteiger partial charge in [-0.15, -0.1) is 0 Å². The minimum atomic E-state index is -0.351.